The number of anilines is 3. The molecule has 1 aliphatic heterocycles. The molecule has 126 valence electrons. The molecule has 4 nitrogen and oxygen atoms in total. The van der Waals surface area contributed by atoms with Gasteiger partial charge in [-0.1, -0.05) is 30.3 Å². The molecule has 0 bridgehead atoms. The van der Waals surface area contributed by atoms with E-state index < -0.39 is 0 Å². The lowest BCUT2D eigenvalue weighted by molar-refractivity contribution is -0.115. The van der Waals surface area contributed by atoms with Gasteiger partial charge < -0.3 is 15.5 Å². The highest BCUT2D eigenvalue weighted by Gasteiger charge is 2.30. The van der Waals surface area contributed by atoms with E-state index in [2.05, 4.69) is 41.5 Å². The second-order valence-corrected chi connectivity index (χ2v) is 7.20. The van der Waals surface area contributed by atoms with Crippen LogP contribution in [0.5, 0.6) is 0 Å². The summed E-state index contributed by atoms with van der Waals surface area (Å²) in [5.41, 5.74) is 5.17. The first-order valence-electron chi connectivity index (χ1n) is 8.34. The molecule has 0 radical (unpaired) electrons. The van der Waals surface area contributed by atoms with Gasteiger partial charge in [0.15, 0.2) is 0 Å². The van der Waals surface area contributed by atoms with Gasteiger partial charge in [-0.15, -0.1) is 0 Å². The first-order chi connectivity index (χ1) is 11.4. The molecule has 2 aromatic carbocycles. The number of carbonyl (C=O) groups excluding carboxylic acids is 1. The molecule has 0 aliphatic carbocycles. The van der Waals surface area contributed by atoms with Crippen LogP contribution in [-0.4, -0.2) is 24.5 Å². The summed E-state index contributed by atoms with van der Waals surface area (Å²) in [6.07, 6.45) is 0. The van der Waals surface area contributed by atoms with E-state index in [0.717, 1.165) is 34.7 Å². The van der Waals surface area contributed by atoms with E-state index in [4.69, 9.17) is 0 Å². The predicted molar refractivity (Wildman–Crippen MR) is 101 cm³/mol. The lowest BCUT2D eigenvalue weighted by atomic mass is 9.99. The Hall–Kier alpha value is -2.49. The molecule has 0 saturated heterocycles. The molecule has 1 heterocycles. The van der Waals surface area contributed by atoms with Crippen molar-refractivity contribution in [2.45, 2.75) is 33.2 Å². The van der Waals surface area contributed by atoms with E-state index in [0.29, 0.717) is 6.54 Å². The Morgan fingerprint density at radius 1 is 1.12 bits per heavy atom. The molecule has 0 spiro atoms. The summed E-state index contributed by atoms with van der Waals surface area (Å²) in [6, 6.07) is 14.2. The van der Waals surface area contributed by atoms with Crippen LogP contribution in [0.25, 0.3) is 0 Å². The van der Waals surface area contributed by atoms with Crippen LogP contribution in [0.3, 0.4) is 0 Å². The number of nitrogens with one attached hydrogen (secondary N) is 2. The van der Waals surface area contributed by atoms with E-state index >= 15 is 0 Å². The molecule has 4 heteroatoms. The molecule has 0 fully saturated rings. The number of hydrogen-bond acceptors (Lipinski definition) is 3. The maximum Gasteiger partial charge on any atom is 0.243 e. The molecule has 2 N–H and O–H groups in total. The van der Waals surface area contributed by atoms with Crippen LogP contribution in [0, 0.1) is 13.8 Å². The van der Waals surface area contributed by atoms with Gasteiger partial charge in [0.1, 0.15) is 0 Å². The number of nitrogens with zero attached hydrogens (tertiary/aromatic N) is 1. The number of carbonyl (C=O) groups is 1. The summed E-state index contributed by atoms with van der Waals surface area (Å²) in [5, 5.41) is 6.62. The van der Waals surface area contributed by atoms with Gasteiger partial charge in [0.05, 0.1) is 17.9 Å². The highest BCUT2D eigenvalue weighted by Crippen LogP contribution is 2.34. The first kappa shape index (κ1) is 16.4. The van der Waals surface area contributed by atoms with Crippen LogP contribution in [0.4, 0.5) is 17.1 Å². The summed E-state index contributed by atoms with van der Waals surface area (Å²) >= 11 is 0. The van der Waals surface area contributed by atoms with Gasteiger partial charge >= 0.3 is 0 Å². The number of amides is 1. The largest absolute Gasteiger partial charge is 0.377 e. The molecule has 24 heavy (non-hydrogen) atoms. The van der Waals surface area contributed by atoms with Crippen LogP contribution < -0.4 is 15.5 Å². The summed E-state index contributed by atoms with van der Waals surface area (Å²) in [7, 11) is 0. The topological polar surface area (TPSA) is 44.4 Å². The fourth-order valence-electron chi connectivity index (χ4n) is 3.33. The molecular formula is C20H25N3O. The van der Waals surface area contributed by atoms with E-state index in [1.165, 1.54) is 0 Å². The molecule has 1 aliphatic rings. The van der Waals surface area contributed by atoms with Gasteiger partial charge in [0.2, 0.25) is 5.91 Å². The van der Waals surface area contributed by atoms with Crippen LogP contribution >= 0.6 is 0 Å². The van der Waals surface area contributed by atoms with Gasteiger partial charge in [0.25, 0.3) is 0 Å². The van der Waals surface area contributed by atoms with Crippen molar-refractivity contribution >= 4 is 23.0 Å². The number of para-hydroxylation sites is 3. The van der Waals surface area contributed by atoms with E-state index in [1.807, 2.05) is 44.2 Å². The Morgan fingerprint density at radius 3 is 2.50 bits per heavy atom. The third-order valence-corrected chi connectivity index (χ3v) is 4.38. The van der Waals surface area contributed by atoms with Crippen molar-refractivity contribution in [1.29, 1.82) is 0 Å². The highest BCUT2D eigenvalue weighted by molar-refractivity contribution is 5.96. The van der Waals surface area contributed by atoms with Gasteiger partial charge in [-0.2, -0.15) is 0 Å². The van der Waals surface area contributed by atoms with Gasteiger partial charge in [-0.3, -0.25) is 4.79 Å². The van der Waals surface area contributed by atoms with Crippen molar-refractivity contribution < 1.29 is 4.79 Å². The second-order valence-electron chi connectivity index (χ2n) is 7.20. The van der Waals surface area contributed by atoms with Crippen molar-refractivity contribution in [1.82, 2.24) is 0 Å². The zero-order valence-electron chi connectivity index (χ0n) is 14.8. The number of fused-ring (bicyclic) bond motifs is 1. The van der Waals surface area contributed by atoms with E-state index in [-0.39, 0.29) is 11.4 Å². The molecular weight excluding hydrogens is 298 g/mol. The van der Waals surface area contributed by atoms with Crippen molar-refractivity contribution in [3.63, 3.8) is 0 Å². The lowest BCUT2D eigenvalue weighted by Gasteiger charge is -2.41. The van der Waals surface area contributed by atoms with Gasteiger partial charge in [0, 0.05) is 17.8 Å². The Kier molecular flexibility index (Phi) is 4.22. The van der Waals surface area contributed by atoms with Crippen LogP contribution in [0.15, 0.2) is 42.5 Å². The zero-order chi connectivity index (χ0) is 17.3. The fraction of sp³-hybridized carbons (Fsp3) is 0.350. The molecule has 3 rings (SSSR count). The average molecular weight is 323 g/mol. The van der Waals surface area contributed by atoms with Crippen molar-refractivity contribution in [2.75, 3.05) is 28.6 Å². The molecule has 0 unspecified atom stereocenters. The molecule has 0 aromatic heterocycles. The van der Waals surface area contributed by atoms with E-state index in [9.17, 15) is 4.79 Å². The third kappa shape index (κ3) is 3.37. The molecule has 0 saturated carbocycles. The average Bonchev–Trinajstić information content (AvgIpc) is 2.50. The summed E-state index contributed by atoms with van der Waals surface area (Å²) in [6.45, 7) is 9.47. The quantitative estimate of drug-likeness (QED) is 0.899. The molecule has 1 amide bonds. The third-order valence-electron chi connectivity index (χ3n) is 4.38. The monoisotopic (exact) mass is 323 g/mol. The summed E-state index contributed by atoms with van der Waals surface area (Å²) in [4.78, 5) is 14.8. The second kappa shape index (κ2) is 6.19. The van der Waals surface area contributed by atoms with Gasteiger partial charge in [-0.25, -0.2) is 0 Å². The number of rotatable bonds is 3. The standard InChI is InChI=1S/C20H25N3O/c1-14-8-7-9-15(2)19(14)21-18(24)12-23-13-20(3,4)22-16-10-5-6-11-17(16)23/h5-11,22H,12-13H2,1-4H3,(H,21,24). The summed E-state index contributed by atoms with van der Waals surface area (Å²) in [5.74, 6) is 0.0138. The van der Waals surface area contributed by atoms with E-state index in [1.54, 1.807) is 0 Å². The van der Waals surface area contributed by atoms with Crippen LogP contribution in [0.1, 0.15) is 25.0 Å². The number of hydrogen-bond donors (Lipinski definition) is 2. The highest BCUT2D eigenvalue weighted by atomic mass is 16.2. The number of aryl methyl sites for hydroxylation is 2. The Balaban J connectivity index is 1.79. The first-order valence-corrected chi connectivity index (χ1v) is 8.34. The van der Waals surface area contributed by atoms with Gasteiger partial charge in [-0.05, 0) is 51.0 Å². The Labute approximate surface area is 143 Å². The molecule has 2 aromatic rings. The van der Waals surface area contributed by atoms with Crippen molar-refractivity contribution in [2.24, 2.45) is 0 Å². The minimum absolute atomic E-state index is 0.0138. The predicted octanol–water partition coefficient (Wildman–Crippen LogP) is 3.95. The Morgan fingerprint density at radius 2 is 1.79 bits per heavy atom. The summed E-state index contributed by atoms with van der Waals surface area (Å²) < 4.78 is 0. The van der Waals surface area contributed by atoms with Crippen molar-refractivity contribution in [3.05, 3.63) is 53.6 Å². The molecule has 0 atom stereocenters. The zero-order valence-corrected chi connectivity index (χ0v) is 14.8. The normalized spacial score (nSPS) is 15.4. The Bertz CT molecular complexity index is 747. The minimum Gasteiger partial charge on any atom is -0.377 e. The van der Waals surface area contributed by atoms with Crippen LogP contribution in [0.2, 0.25) is 0 Å². The van der Waals surface area contributed by atoms with Crippen molar-refractivity contribution in [3.8, 4) is 0 Å². The lowest BCUT2D eigenvalue weighted by Crippen LogP contribution is -2.50. The maximum atomic E-state index is 12.6. The SMILES string of the molecule is Cc1cccc(C)c1NC(=O)CN1CC(C)(C)Nc2ccccc21. The minimum atomic E-state index is -0.0762. The van der Waals surface area contributed by atoms with Crippen LogP contribution in [-0.2, 0) is 4.79 Å². The fourth-order valence-corrected chi connectivity index (χ4v) is 3.33. The smallest absolute Gasteiger partial charge is 0.243 e. The maximum absolute atomic E-state index is 12.6. The number of benzene rings is 2.